The number of nitrogens with one attached hydrogen (secondary N) is 2. The number of benzene rings is 1. The lowest BCUT2D eigenvalue weighted by Crippen LogP contribution is -2.23. The summed E-state index contributed by atoms with van der Waals surface area (Å²) in [5.41, 5.74) is 2.39. The fourth-order valence-corrected chi connectivity index (χ4v) is 2.12. The molecule has 94 valence electrons. The van der Waals surface area contributed by atoms with Gasteiger partial charge in [0, 0.05) is 11.3 Å². The van der Waals surface area contributed by atoms with Crippen LogP contribution in [0.3, 0.4) is 0 Å². The van der Waals surface area contributed by atoms with E-state index in [1.807, 2.05) is 18.2 Å². The van der Waals surface area contributed by atoms with Crippen molar-refractivity contribution < 1.29 is 4.79 Å². The first-order valence-electron chi connectivity index (χ1n) is 5.67. The zero-order valence-corrected chi connectivity index (χ0v) is 10.1. The zero-order valence-electron chi connectivity index (χ0n) is 10.1. The van der Waals surface area contributed by atoms with Crippen molar-refractivity contribution in [3.8, 4) is 11.8 Å². The van der Waals surface area contributed by atoms with Gasteiger partial charge in [-0.2, -0.15) is 5.26 Å². The van der Waals surface area contributed by atoms with E-state index < -0.39 is 0 Å². The number of hydrogen-bond donors (Lipinski definition) is 2. The van der Waals surface area contributed by atoms with Crippen LogP contribution in [0.1, 0.15) is 17.4 Å². The smallest absolute Gasteiger partial charge is 0.252 e. The molecule has 3 rings (SSSR count). The van der Waals surface area contributed by atoms with Gasteiger partial charge in [-0.05, 0) is 19.2 Å². The van der Waals surface area contributed by atoms with Crippen molar-refractivity contribution in [3.63, 3.8) is 0 Å². The molecule has 1 aromatic heterocycles. The normalized spacial score (nSPS) is 16.8. The largest absolute Gasteiger partial charge is 0.324 e. The summed E-state index contributed by atoms with van der Waals surface area (Å²) in [6.45, 7) is 0. The van der Waals surface area contributed by atoms with Crippen molar-refractivity contribution in [2.45, 2.75) is 6.04 Å². The highest BCUT2D eigenvalue weighted by Gasteiger charge is 2.29. The Balaban J connectivity index is 2.02. The molecule has 1 aromatic carbocycles. The third kappa shape index (κ3) is 1.75. The Morgan fingerprint density at radius 1 is 1.53 bits per heavy atom. The summed E-state index contributed by atoms with van der Waals surface area (Å²) < 4.78 is 1.50. The van der Waals surface area contributed by atoms with E-state index in [9.17, 15) is 4.79 Å². The van der Waals surface area contributed by atoms with E-state index in [-0.39, 0.29) is 17.8 Å². The summed E-state index contributed by atoms with van der Waals surface area (Å²) in [4.78, 5) is 15.6. The van der Waals surface area contributed by atoms with Crippen LogP contribution in [-0.2, 0) is 4.79 Å². The topological polar surface area (TPSA) is 95.6 Å². The molecule has 2 N–H and O–H groups in total. The molecule has 0 radical (unpaired) electrons. The average Bonchev–Trinajstić information content (AvgIpc) is 3.00. The van der Waals surface area contributed by atoms with Gasteiger partial charge in [-0.25, -0.2) is 9.67 Å². The molecule has 1 aliphatic rings. The fourth-order valence-electron chi connectivity index (χ4n) is 2.12. The molecule has 0 fully saturated rings. The van der Waals surface area contributed by atoms with Crippen molar-refractivity contribution in [1.82, 2.24) is 20.1 Å². The fraction of sp³-hybridized carbons (Fsp3) is 0.167. The van der Waals surface area contributed by atoms with Gasteiger partial charge in [-0.3, -0.25) is 4.79 Å². The summed E-state index contributed by atoms with van der Waals surface area (Å²) >= 11 is 0. The van der Waals surface area contributed by atoms with E-state index in [0.29, 0.717) is 0 Å². The Kier molecular flexibility index (Phi) is 2.51. The Bertz CT molecular complexity index is 698. The summed E-state index contributed by atoms with van der Waals surface area (Å²) in [6.07, 6.45) is 1.46. The minimum absolute atomic E-state index is 0.0778. The lowest BCUT2D eigenvalue weighted by Gasteiger charge is -2.07. The molecule has 0 aliphatic carbocycles. The third-order valence-corrected chi connectivity index (χ3v) is 3.01. The lowest BCUT2D eigenvalue weighted by atomic mass is 10.1. The molecular weight excluding hydrogens is 244 g/mol. The number of fused-ring (bicyclic) bond motifs is 1. The van der Waals surface area contributed by atoms with Crippen LogP contribution in [0.25, 0.3) is 5.69 Å². The molecule has 1 atom stereocenters. The highest BCUT2D eigenvalue weighted by Crippen LogP contribution is 2.31. The number of anilines is 1. The molecule has 0 spiro atoms. The average molecular weight is 254 g/mol. The third-order valence-electron chi connectivity index (χ3n) is 3.01. The van der Waals surface area contributed by atoms with Gasteiger partial charge in [-0.15, -0.1) is 5.10 Å². The zero-order chi connectivity index (χ0) is 13.4. The molecule has 2 heterocycles. The molecule has 1 aliphatic heterocycles. The van der Waals surface area contributed by atoms with Crippen LogP contribution in [0, 0.1) is 11.3 Å². The highest BCUT2D eigenvalue weighted by atomic mass is 16.2. The van der Waals surface area contributed by atoms with Crippen molar-refractivity contribution >= 4 is 11.6 Å². The quantitative estimate of drug-likeness (QED) is 0.806. The number of likely N-dealkylation sites (N-methyl/N-ethyl adjacent to an activating group) is 1. The van der Waals surface area contributed by atoms with Gasteiger partial charge in [0.05, 0.1) is 5.69 Å². The van der Waals surface area contributed by atoms with E-state index in [1.165, 1.54) is 11.0 Å². The molecule has 0 bridgehead atoms. The second-order valence-electron chi connectivity index (χ2n) is 4.11. The number of rotatable bonds is 2. The molecule has 2 aromatic rings. The van der Waals surface area contributed by atoms with Crippen LogP contribution in [0.4, 0.5) is 5.69 Å². The van der Waals surface area contributed by atoms with Crippen LogP contribution in [0.2, 0.25) is 0 Å². The first-order chi connectivity index (χ1) is 9.22. The second kappa shape index (κ2) is 4.19. The van der Waals surface area contributed by atoms with Crippen LogP contribution in [-0.4, -0.2) is 27.7 Å². The van der Waals surface area contributed by atoms with Crippen molar-refractivity contribution in [1.29, 1.82) is 5.26 Å². The summed E-state index contributed by atoms with van der Waals surface area (Å²) in [5.74, 6) is 0.0311. The first-order valence-corrected chi connectivity index (χ1v) is 5.67. The maximum absolute atomic E-state index is 11.7. The minimum atomic E-state index is -0.325. The standard InChI is InChI=1S/C12H10N6O/c1-14-11-8-3-2-7(4-9(8)16-12(11)19)18-6-15-10(5-13)17-18/h2-4,6,11,14H,1H3,(H,16,19). The van der Waals surface area contributed by atoms with E-state index in [0.717, 1.165) is 16.9 Å². The van der Waals surface area contributed by atoms with Crippen LogP contribution >= 0.6 is 0 Å². The number of carbonyl (C=O) groups is 1. The van der Waals surface area contributed by atoms with Gasteiger partial charge in [0.25, 0.3) is 5.82 Å². The number of hydrogen-bond acceptors (Lipinski definition) is 5. The van der Waals surface area contributed by atoms with Gasteiger partial charge in [-0.1, -0.05) is 6.07 Å². The Morgan fingerprint density at radius 3 is 3.05 bits per heavy atom. The molecule has 0 saturated heterocycles. The molecule has 7 nitrogen and oxygen atoms in total. The molecular formula is C12H10N6O. The summed E-state index contributed by atoms with van der Waals surface area (Å²) in [6, 6.07) is 7.04. The number of amides is 1. The van der Waals surface area contributed by atoms with E-state index in [2.05, 4.69) is 20.7 Å². The lowest BCUT2D eigenvalue weighted by molar-refractivity contribution is -0.117. The SMILES string of the molecule is CNC1C(=O)Nc2cc(-n3cnc(C#N)n3)ccc21. The van der Waals surface area contributed by atoms with Gasteiger partial charge < -0.3 is 10.6 Å². The maximum atomic E-state index is 11.7. The van der Waals surface area contributed by atoms with Crippen LogP contribution in [0.5, 0.6) is 0 Å². The number of nitrogens with zero attached hydrogens (tertiary/aromatic N) is 4. The Morgan fingerprint density at radius 2 is 2.37 bits per heavy atom. The molecule has 19 heavy (non-hydrogen) atoms. The van der Waals surface area contributed by atoms with Gasteiger partial charge in [0.15, 0.2) is 0 Å². The van der Waals surface area contributed by atoms with Crippen molar-refractivity contribution in [2.75, 3.05) is 12.4 Å². The van der Waals surface area contributed by atoms with E-state index >= 15 is 0 Å². The first kappa shape index (κ1) is 11.4. The van der Waals surface area contributed by atoms with E-state index in [4.69, 9.17) is 5.26 Å². The maximum Gasteiger partial charge on any atom is 0.252 e. The number of carbonyl (C=O) groups excluding carboxylic acids is 1. The van der Waals surface area contributed by atoms with Crippen molar-refractivity contribution in [2.24, 2.45) is 0 Å². The molecule has 1 amide bonds. The molecule has 1 unspecified atom stereocenters. The van der Waals surface area contributed by atoms with Gasteiger partial charge >= 0.3 is 0 Å². The molecule has 7 heteroatoms. The predicted molar refractivity (Wildman–Crippen MR) is 66.5 cm³/mol. The van der Waals surface area contributed by atoms with Crippen LogP contribution in [0.15, 0.2) is 24.5 Å². The van der Waals surface area contributed by atoms with Crippen molar-refractivity contribution in [3.05, 3.63) is 35.9 Å². The highest BCUT2D eigenvalue weighted by molar-refractivity contribution is 6.02. The van der Waals surface area contributed by atoms with Crippen LogP contribution < -0.4 is 10.6 Å². The number of aromatic nitrogens is 3. The summed E-state index contributed by atoms with van der Waals surface area (Å²) in [7, 11) is 1.74. The van der Waals surface area contributed by atoms with Gasteiger partial charge in [0.1, 0.15) is 18.4 Å². The monoisotopic (exact) mass is 254 g/mol. The summed E-state index contributed by atoms with van der Waals surface area (Å²) in [5, 5.41) is 18.5. The minimum Gasteiger partial charge on any atom is -0.324 e. The van der Waals surface area contributed by atoms with Gasteiger partial charge in [0.2, 0.25) is 5.91 Å². The van der Waals surface area contributed by atoms with E-state index in [1.54, 1.807) is 13.1 Å². The number of nitriles is 1. The Hall–Kier alpha value is -2.72. The molecule has 0 saturated carbocycles. The Labute approximate surface area is 108 Å². The predicted octanol–water partition coefficient (Wildman–Crippen LogP) is 0.352. The second-order valence-corrected chi connectivity index (χ2v) is 4.11.